The number of nitrogens with zero attached hydrogens (tertiary/aromatic N) is 4. The zero-order chi connectivity index (χ0) is 21.0. The van der Waals surface area contributed by atoms with Crippen LogP contribution in [-0.2, 0) is 0 Å². The average Bonchev–Trinajstić information content (AvgIpc) is 3.18. The summed E-state index contributed by atoms with van der Waals surface area (Å²) < 4.78 is 6.26. The van der Waals surface area contributed by atoms with E-state index in [1.165, 1.54) is 6.20 Å². The van der Waals surface area contributed by atoms with Gasteiger partial charge >= 0.3 is 5.91 Å². The molecule has 1 amide bonds. The van der Waals surface area contributed by atoms with E-state index in [4.69, 9.17) is 21.3 Å². The summed E-state index contributed by atoms with van der Waals surface area (Å²) >= 11 is 9.29. The van der Waals surface area contributed by atoms with Gasteiger partial charge < -0.3 is 4.42 Å². The van der Waals surface area contributed by atoms with Crippen LogP contribution in [-0.4, -0.2) is 22.4 Å². The van der Waals surface area contributed by atoms with Crippen molar-refractivity contribution in [2.24, 2.45) is 5.92 Å². The van der Waals surface area contributed by atoms with E-state index in [-0.39, 0.29) is 17.5 Å². The van der Waals surface area contributed by atoms with Crippen LogP contribution in [0, 0.1) is 17.2 Å². The molecule has 9 heteroatoms. The van der Waals surface area contributed by atoms with E-state index in [1.54, 1.807) is 29.3 Å². The van der Waals surface area contributed by atoms with Gasteiger partial charge in [0.05, 0.1) is 4.47 Å². The van der Waals surface area contributed by atoms with E-state index in [9.17, 15) is 4.79 Å². The first-order chi connectivity index (χ1) is 13.9. The van der Waals surface area contributed by atoms with Gasteiger partial charge in [-0.25, -0.2) is 4.98 Å². The molecule has 29 heavy (non-hydrogen) atoms. The van der Waals surface area contributed by atoms with Crippen LogP contribution in [0.5, 0.6) is 0 Å². The van der Waals surface area contributed by atoms with Crippen LogP contribution < -0.4 is 10.4 Å². The number of carbonyl (C=O) groups is 1. The average molecular weight is 475 g/mol. The SMILES string of the molecule is CC(C)CN(NC(=O)c1ccc(-c2ccc(Cl)cc2)o1)c1nc(C#N)ncc1Br. The van der Waals surface area contributed by atoms with Crippen molar-refractivity contribution in [3.8, 4) is 17.4 Å². The van der Waals surface area contributed by atoms with Crippen molar-refractivity contribution in [2.45, 2.75) is 13.8 Å². The number of halogens is 2. The zero-order valence-corrected chi connectivity index (χ0v) is 18.0. The third kappa shape index (κ3) is 5.13. The molecule has 3 rings (SSSR count). The Morgan fingerprint density at radius 3 is 2.69 bits per heavy atom. The number of anilines is 1. The number of hydrogen-bond acceptors (Lipinski definition) is 6. The van der Waals surface area contributed by atoms with Crippen LogP contribution in [0.4, 0.5) is 5.82 Å². The van der Waals surface area contributed by atoms with Crippen molar-refractivity contribution >= 4 is 39.3 Å². The topological polar surface area (TPSA) is 95.0 Å². The lowest BCUT2D eigenvalue weighted by molar-refractivity contribution is 0.0920. The number of furan rings is 1. The van der Waals surface area contributed by atoms with Crippen LogP contribution >= 0.6 is 27.5 Å². The van der Waals surface area contributed by atoms with Crippen LogP contribution in [0.25, 0.3) is 11.3 Å². The van der Waals surface area contributed by atoms with Crippen molar-refractivity contribution in [3.05, 3.63) is 63.7 Å². The molecule has 7 nitrogen and oxygen atoms in total. The Morgan fingerprint density at radius 2 is 2.03 bits per heavy atom. The summed E-state index contributed by atoms with van der Waals surface area (Å²) in [6.45, 7) is 4.48. The second kappa shape index (κ2) is 9.07. The van der Waals surface area contributed by atoms with E-state index < -0.39 is 5.91 Å². The fraction of sp³-hybridized carbons (Fsp3) is 0.200. The number of nitriles is 1. The van der Waals surface area contributed by atoms with E-state index in [0.717, 1.165) is 5.56 Å². The minimum absolute atomic E-state index is 0.00854. The molecule has 0 radical (unpaired) electrons. The molecule has 0 aliphatic heterocycles. The van der Waals surface area contributed by atoms with Gasteiger partial charge in [0.25, 0.3) is 0 Å². The Bertz CT molecular complexity index is 1060. The molecule has 0 atom stereocenters. The van der Waals surface area contributed by atoms with Gasteiger partial charge in [0.2, 0.25) is 5.82 Å². The predicted octanol–water partition coefficient (Wildman–Crippen LogP) is 4.83. The maximum Gasteiger partial charge on any atom is 0.305 e. The molecule has 0 unspecified atom stereocenters. The second-order valence-electron chi connectivity index (χ2n) is 6.59. The van der Waals surface area contributed by atoms with Crippen molar-refractivity contribution in [2.75, 3.05) is 11.6 Å². The first kappa shape index (κ1) is 20.8. The van der Waals surface area contributed by atoms with Gasteiger partial charge in [0, 0.05) is 23.3 Å². The molecule has 0 saturated heterocycles. The molecule has 0 fully saturated rings. The Hall–Kier alpha value is -2.89. The number of benzene rings is 1. The summed E-state index contributed by atoms with van der Waals surface area (Å²) in [6, 6.07) is 12.4. The standard InChI is InChI=1S/C20H17BrClN5O2/c1-12(2)11-27(19-15(21)10-24-18(9-23)25-19)26-20(28)17-8-7-16(29-17)13-3-5-14(22)6-4-13/h3-8,10,12H,11H2,1-2H3,(H,26,28). The highest BCUT2D eigenvalue weighted by Crippen LogP contribution is 2.25. The van der Waals surface area contributed by atoms with Gasteiger partial charge in [0.15, 0.2) is 11.6 Å². The molecule has 2 heterocycles. The summed E-state index contributed by atoms with van der Waals surface area (Å²) in [6.07, 6.45) is 1.48. The van der Waals surface area contributed by atoms with Crippen LogP contribution in [0.2, 0.25) is 5.02 Å². The van der Waals surface area contributed by atoms with Crippen molar-refractivity contribution in [3.63, 3.8) is 0 Å². The van der Waals surface area contributed by atoms with Gasteiger partial charge in [-0.3, -0.25) is 15.2 Å². The van der Waals surface area contributed by atoms with Crippen molar-refractivity contribution < 1.29 is 9.21 Å². The molecular weight excluding hydrogens is 458 g/mol. The number of rotatable bonds is 6. The highest BCUT2D eigenvalue weighted by Gasteiger charge is 2.20. The molecule has 3 aromatic rings. The summed E-state index contributed by atoms with van der Waals surface area (Å²) in [7, 11) is 0. The molecule has 1 aromatic carbocycles. The monoisotopic (exact) mass is 473 g/mol. The van der Waals surface area contributed by atoms with E-state index in [1.807, 2.05) is 32.0 Å². The molecule has 0 bridgehead atoms. The Morgan fingerprint density at radius 1 is 1.31 bits per heavy atom. The molecule has 0 saturated carbocycles. The molecule has 148 valence electrons. The van der Waals surface area contributed by atoms with Gasteiger partial charge in [-0.05, 0) is 58.2 Å². The number of hydrazine groups is 1. The Balaban J connectivity index is 1.84. The minimum Gasteiger partial charge on any atom is -0.451 e. The summed E-state index contributed by atoms with van der Waals surface area (Å²) in [5.74, 6) is 0.878. The smallest absolute Gasteiger partial charge is 0.305 e. The fourth-order valence-corrected chi connectivity index (χ4v) is 3.09. The Kier molecular flexibility index (Phi) is 6.52. The van der Waals surface area contributed by atoms with E-state index >= 15 is 0 Å². The lowest BCUT2D eigenvalue weighted by Crippen LogP contribution is -2.45. The van der Waals surface area contributed by atoms with E-state index in [0.29, 0.717) is 27.6 Å². The first-order valence-electron chi connectivity index (χ1n) is 8.74. The van der Waals surface area contributed by atoms with Crippen LogP contribution in [0.3, 0.4) is 0 Å². The lowest BCUT2D eigenvalue weighted by Gasteiger charge is -2.26. The molecule has 0 spiro atoms. The van der Waals surface area contributed by atoms with Gasteiger partial charge in [-0.1, -0.05) is 25.4 Å². The summed E-state index contributed by atoms with van der Waals surface area (Å²) in [5, 5.41) is 11.3. The highest BCUT2D eigenvalue weighted by atomic mass is 79.9. The van der Waals surface area contributed by atoms with Crippen LogP contribution in [0.15, 0.2) is 51.5 Å². The molecule has 1 N–H and O–H groups in total. The minimum atomic E-state index is -0.435. The van der Waals surface area contributed by atoms with Crippen molar-refractivity contribution in [1.82, 2.24) is 15.4 Å². The van der Waals surface area contributed by atoms with Gasteiger partial charge in [-0.2, -0.15) is 10.2 Å². The number of amides is 1. The zero-order valence-electron chi connectivity index (χ0n) is 15.7. The number of nitrogens with one attached hydrogen (secondary N) is 1. The second-order valence-corrected chi connectivity index (χ2v) is 7.88. The molecular formula is C20H17BrClN5O2. The largest absolute Gasteiger partial charge is 0.451 e. The third-order valence-electron chi connectivity index (χ3n) is 3.82. The fourth-order valence-electron chi connectivity index (χ4n) is 2.56. The Labute approximate surface area is 181 Å². The molecule has 0 aliphatic rings. The van der Waals surface area contributed by atoms with Crippen LogP contribution in [0.1, 0.15) is 30.2 Å². The normalized spacial score (nSPS) is 10.6. The number of hydrogen-bond donors (Lipinski definition) is 1. The van der Waals surface area contributed by atoms with E-state index in [2.05, 4.69) is 31.3 Å². The molecule has 2 aromatic heterocycles. The first-order valence-corrected chi connectivity index (χ1v) is 9.91. The highest BCUT2D eigenvalue weighted by molar-refractivity contribution is 9.10. The molecule has 0 aliphatic carbocycles. The third-order valence-corrected chi connectivity index (χ3v) is 4.64. The summed E-state index contributed by atoms with van der Waals surface area (Å²) in [5.41, 5.74) is 3.61. The lowest BCUT2D eigenvalue weighted by atomic mass is 10.2. The quantitative estimate of drug-likeness (QED) is 0.514. The van der Waals surface area contributed by atoms with Crippen molar-refractivity contribution in [1.29, 1.82) is 5.26 Å². The van der Waals surface area contributed by atoms with Gasteiger partial charge in [-0.15, -0.1) is 0 Å². The van der Waals surface area contributed by atoms with Gasteiger partial charge in [0.1, 0.15) is 11.8 Å². The maximum atomic E-state index is 12.8. The predicted molar refractivity (Wildman–Crippen MR) is 113 cm³/mol. The maximum absolute atomic E-state index is 12.8. The number of aromatic nitrogens is 2. The summed E-state index contributed by atoms with van der Waals surface area (Å²) in [4.78, 5) is 20.9. The number of carbonyl (C=O) groups excluding carboxylic acids is 1.